The zero-order valence-corrected chi connectivity index (χ0v) is 15.2. The lowest BCUT2D eigenvalue weighted by Crippen LogP contribution is -2.22. The summed E-state index contributed by atoms with van der Waals surface area (Å²) in [6, 6.07) is 6.66. The smallest absolute Gasteiger partial charge is 0.274 e. The van der Waals surface area contributed by atoms with Gasteiger partial charge in [-0.05, 0) is 39.2 Å². The zero-order valence-electron chi connectivity index (χ0n) is 13.7. The number of likely N-dealkylation sites (N-methyl/N-ethyl adjacent to an activating group) is 1. The van der Waals surface area contributed by atoms with Gasteiger partial charge in [-0.3, -0.25) is 4.79 Å². The van der Waals surface area contributed by atoms with Crippen molar-refractivity contribution in [2.24, 2.45) is 0 Å². The van der Waals surface area contributed by atoms with Crippen LogP contribution >= 0.6 is 23.2 Å². The highest BCUT2D eigenvalue weighted by molar-refractivity contribution is 6.44. The third-order valence-corrected chi connectivity index (χ3v) is 3.95. The predicted octanol–water partition coefficient (Wildman–Crippen LogP) is 3.32. The van der Waals surface area contributed by atoms with Crippen molar-refractivity contribution in [1.29, 1.82) is 0 Å². The van der Waals surface area contributed by atoms with Crippen molar-refractivity contribution in [2.75, 3.05) is 37.8 Å². The number of amides is 1. The third-order valence-electron chi connectivity index (χ3n) is 3.13. The van der Waals surface area contributed by atoms with E-state index >= 15 is 0 Å². The number of rotatable bonds is 6. The number of aromatic nitrogens is 2. The first-order valence-electron chi connectivity index (χ1n) is 7.36. The highest BCUT2D eigenvalue weighted by Crippen LogP contribution is 2.29. The number of carbonyl (C=O) groups is 1. The second-order valence-electron chi connectivity index (χ2n) is 5.50. The van der Waals surface area contributed by atoms with E-state index < -0.39 is 0 Å². The maximum atomic E-state index is 12.4. The van der Waals surface area contributed by atoms with E-state index in [1.54, 1.807) is 24.3 Å². The first-order chi connectivity index (χ1) is 11.4. The molecule has 1 aromatic carbocycles. The Morgan fingerprint density at radius 2 is 2.00 bits per heavy atom. The molecule has 8 heteroatoms. The van der Waals surface area contributed by atoms with Gasteiger partial charge in [-0.1, -0.05) is 29.3 Å². The second-order valence-corrected chi connectivity index (χ2v) is 6.29. The molecule has 0 spiro atoms. The Labute approximate surface area is 151 Å². The highest BCUT2D eigenvalue weighted by Gasteiger charge is 2.13. The van der Waals surface area contributed by atoms with Crippen molar-refractivity contribution >= 4 is 40.7 Å². The lowest BCUT2D eigenvalue weighted by molar-refractivity contribution is 0.102. The second kappa shape index (κ2) is 8.28. The maximum absolute atomic E-state index is 12.4. The van der Waals surface area contributed by atoms with Crippen LogP contribution in [0, 0.1) is 6.92 Å². The Morgan fingerprint density at radius 3 is 2.71 bits per heavy atom. The number of nitrogens with zero attached hydrogens (tertiary/aromatic N) is 3. The molecule has 0 bridgehead atoms. The SMILES string of the molecule is Cc1cc(C(=O)Nc2cccc(Cl)c2Cl)nc(NCCN(C)C)n1. The van der Waals surface area contributed by atoms with E-state index in [0.717, 1.165) is 6.54 Å². The molecule has 2 aromatic rings. The van der Waals surface area contributed by atoms with Gasteiger partial charge < -0.3 is 15.5 Å². The fourth-order valence-electron chi connectivity index (χ4n) is 1.94. The monoisotopic (exact) mass is 367 g/mol. The summed E-state index contributed by atoms with van der Waals surface area (Å²) in [6.45, 7) is 3.32. The number of hydrogen-bond acceptors (Lipinski definition) is 5. The van der Waals surface area contributed by atoms with Gasteiger partial charge in [0.2, 0.25) is 5.95 Å². The van der Waals surface area contributed by atoms with Crippen LogP contribution in [0.3, 0.4) is 0 Å². The van der Waals surface area contributed by atoms with Crippen LogP contribution in [0.4, 0.5) is 11.6 Å². The Hall–Kier alpha value is -1.89. The molecule has 1 heterocycles. The molecule has 1 amide bonds. The fourth-order valence-corrected chi connectivity index (χ4v) is 2.29. The van der Waals surface area contributed by atoms with Crippen LogP contribution < -0.4 is 10.6 Å². The van der Waals surface area contributed by atoms with Crippen LogP contribution in [0.2, 0.25) is 10.0 Å². The molecule has 24 heavy (non-hydrogen) atoms. The number of hydrogen-bond donors (Lipinski definition) is 2. The number of carbonyl (C=O) groups excluding carboxylic acids is 1. The minimum Gasteiger partial charge on any atom is -0.353 e. The van der Waals surface area contributed by atoms with Gasteiger partial charge in [0.25, 0.3) is 5.91 Å². The van der Waals surface area contributed by atoms with Gasteiger partial charge in [-0.15, -0.1) is 0 Å². The third kappa shape index (κ3) is 5.06. The summed E-state index contributed by atoms with van der Waals surface area (Å²) in [7, 11) is 3.96. The molecule has 128 valence electrons. The predicted molar refractivity (Wildman–Crippen MR) is 98.2 cm³/mol. The van der Waals surface area contributed by atoms with Crippen LogP contribution in [0.25, 0.3) is 0 Å². The minimum atomic E-state index is -0.375. The normalized spacial score (nSPS) is 10.8. The molecule has 2 rings (SSSR count). The maximum Gasteiger partial charge on any atom is 0.274 e. The quantitative estimate of drug-likeness (QED) is 0.819. The van der Waals surface area contributed by atoms with Gasteiger partial charge in [-0.25, -0.2) is 9.97 Å². The molecule has 1 aromatic heterocycles. The molecule has 2 N–H and O–H groups in total. The molecule has 0 unspecified atom stereocenters. The number of nitrogens with one attached hydrogen (secondary N) is 2. The average Bonchev–Trinajstić information content (AvgIpc) is 2.51. The average molecular weight is 368 g/mol. The Morgan fingerprint density at radius 1 is 1.25 bits per heavy atom. The van der Waals surface area contributed by atoms with Gasteiger partial charge in [0.05, 0.1) is 15.7 Å². The number of benzene rings is 1. The molecule has 0 aliphatic rings. The molecular formula is C16H19Cl2N5O. The van der Waals surface area contributed by atoms with Gasteiger partial charge >= 0.3 is 0 Å². The van der Waals surface area contributed by atoms with Crippen molar-refractivity contribution in [3.05, 3.63) is 45.7 Å². The minimum absolute atomic E-state index is 0.255. The van der Waals surface area contributed by atoms with Gasteiger partial charge in [0, 0.05) is 18.8 Å². The highest BCUT2D eigenvalue weighted by atomic mass is 35.5. The van der Waals surface area contributed by atoms with E-state index in [1.165, 1.54) is 0 Å². The zero-order chi connectivity index (χ0) is 17.7. The van der Waals surface area contributed by atoms with E-state index in [2.05, 4.69) is 20.6 Å². The van der Waals surface area contributed by atoms with Crippen LogP contribution in [0.15, 0.2) is 24.3 Å². The molecular weight excluding hydrogens is 349 g/mol. The van der Waals surface area contributed by atoms with Gasteiger partial charge in [0.1, 0.15) is 5.69 Å². The molecule has 0 saturated heterocycles. The Balaban J connectivity index is 2.14. The molecule has 6 nitrogen and oxygen atoms in total. The molecule has 0 atom stereocenters. The lowest BCUT2D eigenvalue weighted by atomic mass is 10.3. The molecule has 0 fully saturated rings. The molecule has 0 aliphatic heterocycles. The van der Waals surface area contributed by atoms with Crippen LogP contribution in [0.1, 0.15) is 16.2 Å². The van der Waals surface area contributed by atoms with Crippen LogP contribution in [0.5, 0.6) is 0 Å². The summed E-state index contributed by atoms with van der Waals surface area (Å²) < 4.78 is 0. The van der Waals surface area contributed by atoms with E-state index in [1.807, 2.05) is 25.9 Å². The number of halogens is 2. The van der Waals surface area contributed by atoms with Crippen molar-refractivity contribution in [3.63, 3.8) is 0 Å². The van der Waals surface area contributed by atoms with Crippen molar-refractivity contribution in [1.82, 2.24) is 14.9 Å². The van der Waals surface area contributed by atoms with Crippen LogP contribution in [-0.4, -0.2) is 48.0 Å². The summed E-state index contributed by atoms with van der Waals surface area (Å²) >= 11 is 12.0. The summed E-state index contributed by atoms with van der Waals surface area (Å²) in [5, 5.41) is 6.49. The fraction of sp³-hybridized carbons (Fsp3) is 0.312. The summed E-state index contributed by atoms with van der Waals surface area (Å²) in [6.07, 6.45) is 0. The van der Waals surface area contributed by atoms with Crippen LogP contribution in [-0.2, 0) is 0 Å². The largest absolute Gasteiger partial charge is 0.353 e. The summed E-state index contributed by atoms with van der Waals surface area (Å²) in [4.78, 5) is 23.0. The number of aryl methyl sites for hydroxylation is 1. The van der Waals surface area contributed by atoms with E-state index in [-0.39, 0.29) is 11.6 Å². The molecule has 0 aliphatic carbocycles. The van der Waals surface area contributed by atoms with Crippen molar-refractivity contribution < 1.29 is 4.79 Å². The Bertz CT molecular complexity index is 736. The van der Waals surface area contributed by atoms with E-state index in [4.69, 9.17) is 23.2 Å². The van der Waals surface area contributed by atoms with Gasteiger partial charge in [0.15, 0.2) is 0 Å². The topological polar surface area (TPSA) is 70.2 Å². The standard InChI is InChI=1S/C16H19Cl2N5O/c1-10-9-13(22-16(20-10)19-7-8-23(2)3)15(24)21-12-6-4-5-11(17)14(12)18/h4-6,9H,7-8H2,1-3H3,(H,21,24)(H,19,20,22). The molecule has 0 radical (unpaired) electrons. The van der Waals surface area contributed by atoms with E-state index in [0.29, 0.717) is 33.9 Å². The molecule has 0 saturated carbocycles. The van der Waals surface area contributed by atoms with Crippen molar-refractivity contribution in [2.45, 2.75) is 6.92 Å². The summed E-state index contributed by atoms with van der Waals surface area (Å²) in [5.41, 5.74) is 1.39. The van der Waals surface area contributed by atoms with Crippen molar-refractivity contribution in [3.8, 4) is 0 Å². The van der Waals surface area contributed by atoms with Gasteiger partial charge in [-0.2, -0.15) is 0 Å². The van der Waals surface area contributed by atoms with E-state index in [9.17, 15) is 4.79 Å². The first-order valence-corrected chi connectivity index (χ1v) is 8.12. The summed E-state index contributed by atoms with van der Waals surface area (Å²) in [5.74, 6) is 0.0412. The first kappa shape index (κ1) is 18.4. The lowest BCUT2D eigenvalue weighted by Gasteiger charge is -2.12. The number of anilines is 2. The Kier molecular flexibility index (Phi) is 6.36.